The van der Waals surface area contributed by atoms with Crippen LogP contribution in [0.15, 0.2) is 18.2 Å². The molecule has 0 aromatic heterocycles. The van der Waals surface area contributed by atoms with Crippen molar-refractivity contribution in [2.24, 2.45) is 0 Å². The van der Waals surface area contributed by atoms with Crippen LogP contribution in [0.4, 0.5) is 4.39 Å². The lowest BCUT2D eigenvalue weighted by molar-refractivity contribution is -0.149. The highest BCUT2D eigenvalue weighted by molar-refractivity contribution is 5.96. The number of rotatable bonds is 4. The molecule has 114 valence electrons. The minimum Gasteiger partial charge on any atom is -0.343 e. The van der Waals surface area contributed by atoms with Crippen molar-refractivity contribution in [1.29, 1.82) is 0 Å². The molecule has 1 saturated heterocycles. The number of aryl methyl sites for hydroxylation is 1. The first-order chi connectivity index (χ1) is 9.93. The van der Waals surface area contributed by atoms with Crippen LogP contribution in [0.25, 0.3) is 0 Å². The fourth-order valence-corrected chi connectivity index (χ4v) is 2.68. The molecule has 1 heterocycles. The number of nitrogens with zero attached hydrogens (tertiary/aromatic N) is 1. The number of carbonyl (C=O) groups is 2. The molecule has 2 unspecified atom stereocenters. The summed E-state index contributed by atoms with van der Waals surface area (Å²) >= 11 is 0. The van der Waals surface area contributed by atoms with Gasteiger partial charge in [-0.15, -0.1) is 0 Å². The van der Waals surface area contributed by atoms with E-state index in [2.05, 4.69) is 5.32 Å². The Morgan fingerprint density at radius 1 is 1.33 bits per heavy atom. The zero-order chi connectivity index (χ0) is 15.6. The predicted molar refractivity (Wildman–Crippen MR) is 78.0 cm³/mol. The molecule has 2 rings (SSSR count). The monoisotopic (exact) mass is 292 g/mol. The summed E-state index contributed by atoms with van der Waals surface area (Å²) < 4.78 is 13.2. The molecule has 0 bridgehead atoms. The zero-order valence-electron chi connectivity index (χ0n) is 12.6. The lowest BCUT2D eigenvalue weighted by Gasteiger charge is -2.38. The largest absolute Gasteiger partial charge is 0.343 e. The zero-order valence-corrected chi connectivity index (χ0v) is 12.6. The van der Waals surface area contributed by atoms with Crippen LogP contribution in [0.5, 0.6) is 0 Å². The lowest BCUT2D eigenvalue weighted by Crippen LogP contribution is -2.61. The maximum absolute atomic E-state index is 13.2. The quantitative estimate of drug-likeness (QED) is 0.924. The Kier molecular flexibility index (Phi) is 4.60. The molecular formula is C16H21FN2O2. The molecule has 21 heavy (non-hydrogen) atoms. The van der Waals surface area contributed by atoms with Crippen molar-refractivity contribution in [1.82, 2.24) is 10.2 Å². The van der Waals surface area contributed by atoms with Crippen LogP contribution >= 0.6 is 0 Å². The Labute approximate surface area is 124 Å². The first-order valence-corrected chi connectivity index (χ1v) is 7.30. The number of piperazine rings is 1. The molecule has 1 aliphatic rings. The summed E-state index contributed by atoms with van der Waals surface area (Å²) in [5.74, 6) is -0.488. The van der Waals surface area contributed by atoms with E-state index in [1.807, 2.05) is 13.8 Å². The Bertz CT molecular complexity index is 559. The average molecular weight is 292 g/mol. The summed E-state index contributed by atoms with van der Waals surface area (Å²) in [6.07, 6.45) is 1.45. The van der Waals surface area contributed by atoms with Crippen molar-refractivity contribution in [3.05, 3.63) is 35.1 Å². The Hall–Kier alpha value is -1.91. The third-order valence-electron chi connectivity index (χ3n) is 3.90. The molecule has 0 spiro atoms. The van der Waals surface area contributed by atoms with Crippen LogP contribution in [0.1, 0.15) is 37.8 Å². The minimum absolute atomic E-state index is 0.0863. The number of hydrogen-bond donors (Lipinski definition) is 1. The van der Waals surface area contributed by atoms with E-state index in [4.69, 9.17) is 0 Å². The number of nitrogens with one attached hydrogen (secondary N) is 1. The van der Waals surface area contributed by atoms with Crippen LogP contribution in [-0.2, 0) is 16.1 Å². The van der Waals surface area contributed by atoms with Crippen LogP contribution in [0.3, 0.4) is 0 Å². The van der Waals surface area contributed by atoms with E-state index >= 15 is 0 Å². The molecule has 0 radical (unpaired) electrons. The van der Waals surface area contributed by atoms with Gasteiger partial charge in [0.25, 0.3) is 0 Å². The molecule has 2 atom stereocenters. The maximum Gasteiger partial charge on any atom is 0.245 e. The van der Waals surface area contributed by atoms with Crippen molar-refractivity contribution in [3.8, 4) is 0 Å². The highest BCUT2D eigenvalue weighted by atomic mass is 19.1. The lowest BCUT2D eigenvalue weighted by atomic mass is 10.0. The van der Waals surface area contributed by atoms with E-state index in [0.29, 0.717) is 13.0 Å². The molecule has 5 heteroatoms. The van der Waals surface area contributed by atoms with Crippen molar-refractivity contribution >= 4 is 11.8 Å². The summed E-state index contributed by atoms with van der Waals surface area (Å²) in [5.41, 5.74) is 1.66. The van der Waals surface area contributed by atoms with Gasteiger partial charge in [-0.3, -0.25) is 9.59 Å². The Balaban J connectivity index is 2.27. The van der Waals surface area contributed by atoms with E-state index in [1.165, 1.54) is 12.1 Å². The molecule has 1 fully saturated rings. The van der Waals surface area contributed by atoms with Gasteiger partial charge in [-0.05, 0) is 43.5 Å². The molecule has 1 N–H and O–H groups in total. The van der Waals surface area contributed by atoms with Gasteiger partial charge in [-0.1, -0.05) is 19.4 Å². The summed E-state index contributed by atoms with van der Waals surface area (Å²) in [5, 5.41) is 2.71. The van der Waals surface area contributed by atoms with E-state index < -0.39 is 12.1 Å². The number of amides is 2. The third-order valence-corrected chi connectivity index (χ3v) is 3.90. The van der Waals surface area contributed by atoms with Crippen LogP contribution in [0, 0.1) is 12.7 Å². The van der Waals surface area contributed by atoms with Gasteiger partial charge >= 0.3 is 0 Å². The molecule has 2 amide bonds. The minimum atomic E-state index is -0.508. The van der Waals surface area contributed by atoms with Crippen LogP contribution in [-0.4, -0.2) is 28.8 Å². The van der Waals surface area contributed by atoms with E-state index in [-0.39, 0.29) is 17.6 Å². The van der Waals surface area contributed by atoms with E-state index in [1.54, 1.807) is 17.9 Å². The van der Waals surface area contributed by atoms with Gasteiger partial charge in [0.2, 0.25) is 11.8 Å². The Morgan fingerprint density at radius 2 is 2.05 bits per heavy atom. The molecule has 0 aliphatic carbocycles. The molecule has 1 aliphatic heterocycles. The van der Waals surface area contributed by atoms with Crippen molar-refractivity contribution in [2.45, 2.75) is 52.2 Å². The van der Waals surface area contributed by atoms with Crippen molar-refractivity contribution < 1.29 is 14.0 Å². The normalized spacial score (nSPS) is 22.4. The van der Waals surface area contributed by atoms with Crippen molar-refractivity contribution in [3.63, 3.8) is 0 Å². The first-order valence-electron chi connectivity index (χ1n) is 7.30. The number of hydrogen-bond acceptors (Lipinski definition) is 2. The fraction of sp³-hybridized carbons (Fsp3) is 0.500. The van der Waals surface area contributed by atoms with Gasteiger partial charge in [0.1, 0.15) is 17.9 Å². The first kappa shape index (κ1) is 15.5. The Morgan fingerprint density at radius 3 is 2.67 bits per heavy atom. The molecule has 4 nitrogen and oxygen atoms in total. The highest BCUT2D eigenvalue weighted by Gasteiger charge is 2.37. The summed E-state index contributed by atoms with van der Waals surface area (Å²) in [4.78, 5) is 26.1. The average Bonchev–Trinajstić information content (AvgIpc) is 2.42. The van der Waals surface area contributed by atoms with Gasteiger partial charge in [0, 0.05) is 6.54 Å². The summed E-state index contributed by atoms with van der Waals surface area (Å²) in [6.45, 7) is 5.82. The SMILES string of the molecule is CCCC1C(=O)NC(C)C(=O)N1Cc1ccc(F)cc1C. The molecule has 1 aromatic carbocycles. The van der Waals surface area contributed by atoms with Gasteiger partial charge in [0.15, 0.2) is 0 Å². The van der Waals surface area contributed by atoms with Crippen LogP contribution < -0.4 is 5.32 Å². The number of carbonyl (C=O) groups excluding carboxylic acids is 2. The van der Waals surface area contributed by atoms with Gasteiger partial charge < -0.3 is 10.2 Å². The standard InChI is InChI=1S/C16H21FN2O2/c1-4-5-14-15(20)18-11(3)16(21)19(14)9-12-6-7-13(17)8-10(12)2/h6-8,11,14H,4-5,9H2,1-3H3,(H,18,20). The second kappa shape index (κ2) is 6.24. The van der Waals surface area contributed by atoms with Crippen molar-refractivity contribution in [2.75, 3.05) is 0 Å². The predicted octanol–water partition coefficient (Wildman–Crippen LogP) is 2.15. The molecule has 0 saturated carbocycles. The van der Waals surface area contributed by atoms with Gasteiger partial charge in [0.05, 0.1) is 0 Å². The second-order valence-electron chi connectivity index (χ2n) is 5.57. The van der Waals surface area contributed by atoms with Gasteiger partial charge in [-0.2, -0.15) is 0 Å². The molecule has 1 aromatic rings. The summed E-state index contributed by atoms with van der Waals surface area (Å²) in [6, 6.07) is 3.56. The number of benzene rings is 1. The number of halogens is 1. The topological polar surface area (TPSA) is 49.4 Å². The highest BCUT2D eigenvalue weighted by Crippen LogP contribution is 2.20. The second-order valence-corrected chi connectivity index (χ2v) is 5.57. The third kappa shape index (κ3) is 3.23. The van der Waals surface area contributed by atoms with Crippen LogP contribution in [0.2, 0.25) is 0 Å². The van der Waals surface area contributed by atoms with E-state index in [0.717, 1.165) is 17.5 Å². The van der Waals surface area contributed by atoms with E-state index in [9.17, 15) is 14.0 Å². The van der Waals surface area contributed by atoms with Gasteiger partial charge in [-0.25, -0.2) is 4.39 Å². The fourth-order valence-electron chi connectivity index (χ4n) is 2.68. The summed E-state index contributed by atoms with van der Waals surface area (Å²) in [7, 11) is 0. The molecular weight excluding hydrogens is 271 g/mol. The smallest absolute Gasteiger partial charge is 0.245 e. The maximum atomic E-state index is 13.2.